The fraction of sp³-hybridized carbons (Fsp3) is 1.00. The predicted octanol–water partition coefficient (Wildman–Crippen LogP) is 16.1. The van der Waals surface area contributed by atoms with E-state index in [4.69, 9.17) is 13.9 Å². The minimum Gasteiger partial charge on any atom is -0.666 e. The maximum atomic E-state index is 5.36. The van der Waals surface area contributed by atoms with Gasteiger partial charge in [0.15, 0.2) is 0 Å². The summed E-state index contributed by atoms with van der Waals surface area (Å²) in [6, 6.07) is 0. The fourth-order valence-electron chi connectivity index (χ4n) is 3.10. The molecule has 0 bridgehead atoms. The van der Waals surface area contributed by atoms with E-state index in [1.807, 2.05) is 0 Å². The van der Waals surface area contributed by atoms with Gasteiger partial charge in [0.2, 0.25) is 0 Å². The van der Waals surface area contributed by atoms with Gasteiger partial charge >= 0.3 is 31.1 Å². The summed E-state index contributed by atoms with van der Waals surface area (Å²) >= 11 is 0. The first kappa shape index (κ1) is 55.0. The zero-order valence-electron chi connectivity index (χ0n) is 37.8. The smallest absolute Gasteiger partial charge is 0.666 e. The van der Waals surface area contributed by atoms with Crippen molar-refractivity contribution in [3.63, 3.8) is 0 Å². The normalized spacial score (nSPS) is 15.3. The second kappa shape index (κ2) is 16.9. The Kier molecular flexibility index (Phi) is 20.2. The van der Waals surface area contributed by atoms with E-state index in [1.165, 1.54) is 0 Å². The van der Waals surface area contributed by atoms with Crippen LogP contribution in [0.4, 0.5) is 0 Å². The molecule has 10 heteroatoms. The van der Waals surface area contributed by atoms with Gasteiger partial charge in [0, 0.05) is 0 Å². The van der Waals surface area contributed by atoms with Crippen molar-refractivity contribution in [2.75, 3.05) is 0 Å². The minimum atomic E-state index is -1.46. The molecule has 0 saturated heterocycles. The number of hydrogen-bond donors (Lipinski definition) is 0. The van der Waals surface area contributed by atoms with E-state index >= 15 is 0 Å². The van der Waals surface area contributed by atoms with Crippen molar-refractivity contribution in [1.29, 1.82) is 0 Å². The molecule has 0 heterocycles. The summed E-state index contributed by atoms with van der Waals surface area (Å²) in [5.41, 5.74) is 0. The topological polar surface area (TPSA) is 42.3 Å². The van der Waals surface area contributed by atoms with Gasteiger partial charge in [-0.15, -0.1) is 0 Å². The molecule has 1 radical (unpaired) electrons. The van der Waals surface area contributed by atoms with Gasteiger partial charge in [-0.05, 0) is 0 Å². The summed E-state index contributed by atoms with van der Waals surface area (Å²) in [5, 5.41) is 2.26. The van der Waals surface area contributed by atoms with Crippen molar-refractivity contribution in [2.45, 2.75) is 233 Å². The van der Waals surface area contributed by atoms with Gasteiger partial charge in [0.1, 0.15) is 0 Å². The predicted molar refractivity (Wildman–Crippen MR) is 233 cm³/mol. The molecule has 0 aliphatic heterocycles. The maximum absolute atomic E-state index is 5.36. The Morgan fingerprint density at radius 2 is 0.283 bits per heavy atom. The molecule has 46 heavy (non-hydrogen) atoms. The molecule has 0 aromatic heterocycles. The van der Waals surface area contributed by atoms with E-state index in [9.17, 15) is 0 Å². The van der Waals surface area contributed by atoms with Gasteiger partial charge in [-0.25, -0.2) is 0 Å². The molecular formula is C36H90N3Si6U. The van der Waals surface area contributed by atoms with E-state index in [2.05, 4.69) is 203 Å². The molecule has 0 rings (SSSR count). The minimum absolute atomic E-state index is 0. The first-order valence-corrected chi connectivity index (χ1v) is 35.5. The Hall–Kier alpha value is 2.23. The molecule has 0 spiro atoms. The van der Waals surface area contributed by atoms with E-state index in [-0.39, 0.29) is 31.1 Å². The molecule has 0 aromatic rings. The Morgan fingerprint density at radius 3 is 0.326 bits per heavy atom. The SMILES string of the molecule is CC(C)(C)[Si](C)(C)[N-][Si](C)(C)C(C)(C)C.CC(C)(C)[Si](C)(C)[N-][Si](C)(C)C(C)(C)C.CC(C)(C)[Si](C)(C)[N-][Si](C)(C)C(C)(C)C.[U+3]. The van der Waals surface area contributed by atoms with Crippen molar-refractivity contribution >= 4 is 49.4 Å². The van der Waals surface area contributed by atoms with E-state index in [1.54, 1.807) is 0 Å². The first-order valence-electron chi connectivity index (χ1n) is 17.8. The average molecular weight is 972 g/mol. The van der Waals surface area contributed by atoms with Crippen molar-refractivity contribution < 1.29 is 31.1 Å². The molecule has 0 aromatic carbocycles. The largest absolute Gasteiger partial charge is 3.00 e. The monoisotopic (exact) mass is 971 g/mol. The summed E-state index contributed by atoms with van der Waals surface area (Å²) in [4.78, 5) is 0. The third-order valence-corrected chi connectivity index (χ3v) is 48.1. The van der Waals surface area contributed by atoms with Crippen LogP contribution in [0, 0.1) is 31.1 Å². The van der Waals surface area contributed by atoms with Gasteiger partial charge in [0.05, 0.1) is 0 Å². The van der Waals surface area contributed by atoms with Crippen molar-refractivity contribution in [3.05, 3.63) is 13.9 Å². The van der Waals surface area contributed by atoms with Crippen LogP contribution < -0.4 is 0 Å². The van der Waals surface area contributed by atoms with E-state index in [0.717, 1.165) is 0 Å². The number of hydrogen-bond acceptors (Lipinski definition) is 0. The van der Waals surface area contributed by atoms with Gasteiger partial charge in [0.25, 0.3) is 0 Å². The molecular weight excluding hydrogens is 881 g/mol. The van der Waals surface area contributed by atoms with Crippen molar-refractivity contribution in [1.82, 2.24) is 0 Å². The summed E-state index contributed by atoms with van der Waals surface area (Å²) < 4.78 is 16.1. The Bertz CT molecular complexity index is 710. The summed E-state index contributed by atoms with van der Waals surface area (Å²) in [5.74, 6) is 0. The molecule has 0 aliphatic carbocycles. The fourth-order valence-corrected chi connectivity index (χ4v) is 27.9. The van der Waals surface area contributed by atoms with E-state index in [0.29, 0.717) is 30.2 Å². The van der Waals surface area contributed by atoms with Crippen LogP contribution in [-0.2, 0) is 0 Å². The van der Waals surface area contributed by atoms with Gasteiger partial charge in [-0.2, -0.15) is 0 Å². The Morgan fingerprint density at radius 1 is 0.217 bits per heavy atom. The summed E-state index contributed by atoms with van der Waals surface area (Å²) in [6.07, 6.45) is 0. The molecule has 0 atom stereocenters. The van der Waals surface area contributed by atoms with Crippen LogP contribution in [0.15, 0.2) is 0 Å². The first-order chi connectivity index (χ1) is 18.6. The van der Waals surface area contributed by atoms with Crippen LogP contribution >= 0.6 is 0 Å². The second-order valence-corrected chi connectivity index (χ2v) is 53.6. The molecule has 0 N–H and O–H groups in total. The quantitative estimate of drug-likeness (QED) is 0.238. The van der Waals surface area contributed by atoms with Crippen LogP contribution in [-0.4, -0.2) is 49.4 Å². The summed E-state index contributed by atoms with van der Waals surface area (Å²) in [7, 11) is -8.78. The molecule has 0 unspecified atom stereocenters. The molecule has 277 valence electrons. The van der Waals surface area contributed by atoms with Crippen LogP contribution in [0.5, 0.6) is 0 Å². The Balaban J connectivity index is -0.000000285. The van der Waals surface area contributed by atoms with Crippen LogP contribution in [0.1, 0.15) is 125 Å². The van der Waals surface area contributed by atoms with Crippen LogP contribution in [0.2, 0.25) is 109 Å². The van der Waals surface area contributed by atoms with Crippen molar-refractivity contribution in [3.8, 4) is 0 Å². The molecule has 0 amide bonds. The Labute approximate surface area is 325 Å². The maximum Gasteiger partial charge on any atom is 3.00 e. The van der Waals surface area contributed by atoms with Gasteiger partial charge in [-0.1, -0.05) is 283 Å². The van der Waals surface area contributed by atoms with Crippen LogP contribution in [0.25, 0.3) is 13.9 Å². The molecule has 3 nitrogen and oxygen atoms in total. The van der Waals surface area contributed by atoms with E-state index < -0.39 is 49.4 Å². The standard InChI is InChI=1S/3C12H30NSi2.U/c3*1-11(2,3)14(7,8)13-15(9,10)12(4,5)6;/h3*1-10H3;/q3*-1;+3. The third kappa shape index (κ3) is 17.2. The summed E-state index contributed by atoms with van der Waals surface area (Å²) in [6.45, 7) is 71.1. The van der Waals surface area contributed by atoms with Crippen molar-refractivity contribution in [2.24, 2.45) is 0 Å². The number of nitrogens with zero attached hydrogens (tertiary/aromatic N) is 3. The van der Waals surface area contributed by atoms with Gasteiger partial charge in [-0.3, -0.25) is 0 Å². The molecule has 0 saturated carbocycles. The zero-order chi connectivity index (χ0) is 38.1. The number of rotatable bonds is 6. The molecule has 0 aliphatic rings. The average Bonchev–Trinajstić information content (AvgIpc) is 2.61. The molecule has 0 fully saturated rings. The second-order valence-electron chi connectivity index (χ2n) is 23.2. The van der Waals surface area contributed by atoms with Gasteiger partial charge < -0.3 is 13.9 Å². The van der Waals surface area contributed by atoms with Crippen LogP contribution in [0.3, 0.4) is 0 Å². The zero-order valence-corrected chi connectivity index (χ0v) is 48.0. The third-order valence-electron chi connectivity index (χ3n) is 12.7.